The van der Waals surface area contributed by atoms with Gasteiger partial charge in [-0.3, -0.25) is 4.79 Å². The molecule has 2 N–H and O–H groups in total. The van der Waals surface area contributed by atoms with E-state index in [9.17, 15) is 4.79 Å². The van der Waals surface area contributed by atoms with Crippen molar-refractivity contribution in [2.45, 2.75) is 6.92 Å². The van der Waals surface area contributed by atoms with Crippen molar-refractivity contribution >= 4 is 17.3 Å². The molecule has 23 heavy (non-hydrogen) atoms. The number of carbonyl (C=O) groups excluding carboxylic acids is 1. The summed E-state index contributed by atoms with van der Waals surface area (Å²) in [5.41, 5.74) is 9.00. The van der Waals surface area contributed by atoms with Gasteiger partial charge in [0.15, 0.2) is 0 Å². The Hall–Kier alpha value is -2.37. The maximum Gasteiger partial charge on any atom is 0.242 e. The third kappa shape index (κ3) is 3.52. The van der Waals surface area contributed by atoms with Crippen molar-refractivity contribution < 1.29 is 4.79 Å². The molecule has 0 bridgehead atoms. The first-order valence-electron chi connectivity index (χ1n) is 8.04. The number of aryl methyl sites for hydroxylation is 1. The van der Waals surface area contributed by atoms with Crippen LogP contribution in [0.3, 0.4) is 0 Å². The molecule has 2 heterocycles. The highest BCUT2D eigenvalue weighted by Gasteiger charge is 2.23. The fourth-order valence-corrected chi connectivity index (χ4v) is 3.04. The zero-order chi connectivity index (χ0) is 16.4. The van der Waals surface area contributed by atoms with Crippen LogP contribution < -0.4 is 10.6 Å². The van der Waals surface area contributed by atoms with Crippen LogP contribution in [-0.4, -0.2) is 67.0 Å². The molecule has 0 aliphatic carbocycles. The fourth-order valence-electron chi connectivity index (χ4n) is 3.04. The second kappa shape index (κ2) is 6.40. The van der Waals surface area contributed by atoms with Crippen molar-refractivity contribution in [3.05, 3.63) is 36.2 Å². The first kappa shape index (κ1) is 15.5. The average Bonchev–Trinajstić information content (AvgIpc) is 2.95. The summed E-state index contributed by atoms with van der Waals surface area (Å²) in [7, 11) is 2.01. The van der Waals surface area contributed by atoms with E-state index in [1.165, 1.54) is 5.69 Å². The largest absolute Gasteiger partial charge is 0.399 e. The number of piperazine rings is 1. The van der Waals surface area contributed by atoms with E-state index in [0.29, 0.717) is 6.54 Å². The zero-order valence-corrected chi connectivity index (χ0v) is 13.9. The SMILES string of the molecule is Cc1cc(N2CCN(C(=O)CN3C=CN(C)C3)CC2)ccc1N. The Morgan fingerprint density at radius 3 is 2.52 bits per heavy atom. The molecule has 0 aromatic heterocycles. The molecular formula is C17H25N5O. The van der Waals surface area contributed by atoms with Gasteiger partial charge in [0, 0.05) is 57.0 Å². The Morgan fingerprint density at radius 2 is 1.91 bits per heavy atom. The lowest BCUT2D eigenvalue weighted by molar-refractivity contribution is -0.132. The summed E-state index contributed by atoms with van der Waals surface area (Å²) in [6, 6.07) is 6.14. The molecule has 3 rings (SSSR count). The molecule has 1 aromatic rings. The van der Waals surface area contributed by atoms with Gasteiger partial charge < -0.3 is 25.3 Å². The van der Waals surface area contributed by atoms with Crippen LogP contribution >= 0.6 is 0 Å². The van der Waals surface area contributed by atoms with Crippen molar-refractivity contribution in [1.29, 1.82) is 0 Å². The number of nitrogens with two attached hydrogens (primary N) is 1. The molecule has 2 aliphatic heterocycles. The summed E-state index contributed by atoms with van der Waals surface area (Å²) in [5, 5.41) is 0. The minimum absolute atomic E-state index is 0.207. The number of nitrogen functional groups attached to an aromatic ring is 1. The molecule has 0 spiro atoms. The van der Waals surface area contributed by atoms with Crippen molar-refractivity contribution in [2.75, 3.05) is 57.1 Å². The zero-order valence-electron chi connectivity index (χ0n) is 13.9. The average molecular weight is 315 g/mol. The Bertz CT molecular complexity index is 607. The lowest BCUT2D eigenvalue weighted by Crippen LogP contribution is -2.51. The maximum atomic E-state index is 12.4. The number of nitrogens with zero attached hydrogens (tertiary/aromatic N) is 4. The van der Waals surface area contributed by atoms with Gasteiger partial charge in [-0.25, -0.2) is 0 Å². The molecule has 1 aromatic carbocycles. The van der Waals surface area contributed by atoms with Crippen molar-refractivity contribution in [2.24, 2.45) is 0 Å². The lowest BCUT2D eigenvalue weighted by Gasteiger charge is -2.37. The van der Waals surface area contributed by atoms with Crippen LogP contribution in [-0.2, 0) is 4.79 Å². The summed E-state index contributed by atoms with van der Waals surface area (Å²) in [5.74, 6) is 0.207. The van der Waals surface area contributed by atoms with Crippen molar-refractivity contribution in [3.8, 4) is 0 Å². The topological polar surface area (TPSA) is 56.0 Å². The molecule has 0 radical (unpaired) electrons. The Labute approximate surface area is 137 Å². The van der Waals surface area contributed by atoms with E-state index in [-0.39, 0.29) is 5.91 Å². The number of benzene rings is 1. The number of anilines is 2. The first-order valence-corrected chi connectivity index (χ1v) is 8.04. The molecule has 6 heteroatoms. The summed E-state index contributed by atoms with van der Waals surface area (Å²) in [6.45, 7) is 6.55. The van der Waals surface area contributed by atoms with Crippen LogP contribution in [0.5, 0.6) is 0 Å². The van der Waals surface area contributed by atoms with Gasteiger partial charge in [0.2, 0.25) is 5.91 Å². The minimum Gasteiger partial charge on any atom is -0.399 e. The van der Waals surface area contributed by atoms with Gasteiger partial charge in [0.1, 0.15) is 0 Å². The van der Waals surface area contributed by atoms with E-state index < -0.39 is 0 Å². The van der Waals surface area contributed by atoms with Crippen molar-refractivity contribution in [3.63, 3.8) is 0 Å². The smallest absolute Gasteiger partial charge is 0.242 e. The molecule has 0 saturated carbocycles. The van der Waals surface area contributed by atoms with Gasteiger partial charge in [0.05, 0.1) is 13.2 Å². The predicted molar refractivity (Wildman–Crippen MR) is 92.9 cm³/mol. The fraction of sp³-hybridized carbons (Fsp3) is 0.471. The Morgan fingerprint density at radius 1 is 1.17 bits per heavy atom. The number of hydrogen-bond donors (Lipinski definition) is 1. The molecule has 124 valence electrons. The van der Waals surface area contributed by atoms with Crippen LogP contribution in [0.1, 0.15) is 5.56 Å². The summed E-state index contributed by atoms with van der Waals surface area (Å²) in [4.78, 5) is 20.8. The first-order chi connectivity index (χ1) is 11.0. The quantitative estimate of drug-likeness (QED) is 0.840. The summed E-state index contributed by atoms with van der Waals surface area (Å²) in [6.07, 6.45) is 3.97. The standard InChI is InChI=1S/C17H25N5O/c1-14-11-15(3-4-16(14)18)21-7-9-22(10-8-21)17(23)12-20-6-5-19(2)13-20/h3-6,11H,7-10,12-13,18H2,1-2H3. The highest BCUT2D eigenvalue weighted by atomic mass is 16.2. The summed E-state index contributed by atoms with van der Waals surface area (Å²) >= 11 is 0. The molecule has 0 unspecified atom stereocenters. The third-order valence-electron chi connectivity index (χ3n) is 4.53. The minimum atomic E-state index is 0.207. The molecule has 2 aliphatic rings. The number of amides is 1. The van der Waals surface area contributed by atoms with Crippen LogP contribution in [0.25, 0.3) is 0 Å². The number of hydrogen-bond acceptors (Lipinski definition) is 5. The predicted octanol–water partition coefficient (Wildman–Crippen LogP) is 0.902. The number of carbonyl (C=O) groups is 1. The molecule has 6 nitrogen and oxygen atoms in total. The van der Waals surface area contributed by atoms with E-state index in [1.54, 1.807) is 0 Å². The van der Waals surface area contributed by atoms with Gasteiger partial charge in [-0.2, -0.15) is 0 Å². The third-order valence-corrected chi connectivity index (χ3v) is 4.53. The van der Waals surface area contributed by atoms with Gasteiger partial charge in [-0.15, -0.1) is 0 Å². The van der Waals surface area contributed by atoms with Gasteiger partial charge >= 0.3 is 0 Å². The van der Waals surface area contributed by atoms with E-state index in [4.69, 9.17) is 5.73 Å². The van der Waals surface area contributed by atoms with Crippen LogP contribution in [0.2, 0.25) is 0 Å². The maximum absolute atomic E-state index is 12.4. The van der Waals surface area contributed by atoms with Crippen LogP contribution in [0, 0.1) is 6.92 Å². The molecule has 1 saturated heterocycles. The van der Waals surface area contributed by atoms with Crippen molar-refractivity contribution in [1.82, 2.24) is 14.7 Å². The molecule has 1 amide bonds. The molecule has 1 fully saturated rings. The second-order valence-electron chi connectivity index (χ2n) is 6.35. The second-order valence-corrected chi connectivity index (χ2v) is 6.35. The highest BCUT2D eigenvalue weighted by Crippen LogP contribution is 2.21. The molecule has 0 atom stereocenters. The van der Waals surface area contributed by atoms with Gasteiger partial charge in [-0.1, -0.05) is 0 Å². The van der Waals surface area contributed by atoms with Gasteiger partial charge in [0.25, 0.3) is 0 Å². The van der Waals surface area contributed by atoms with Crippen LogP contribution in [0.15, 0.2) is 30.6 Å². The number of rotatable bonds is 3. The van der Waals surface area contributed by atoms with E-state index in [2.05, 4.69) is 21.9 Å². The Kier molecular flexibility index (Phi) is 4.32. The lowest BCUT2D eigenvalue weighted by atomic mass is 10.1. The van der Waals surface area contributed by atoms with E-state index in [1.807, 2.05) is 42.2 Å². The van der Waals surface area contributed by atoms with Gasteiger partial charge in [-0.05, 0) is 30.7 Å². The monoisotopic (exact) mass is 315 g/mol. The van der Waals surface area contributed by atoms with Crippen LogP contribution in [0.4, 0.5) is 11.4 Å². The van der Waals surface area contributed by atoms with E-state index >= 15 is 0 Å². The Balaban J connectivity index is 1.52. The summed E-state index contributed by atoms with van der Waals surface area (Å²) < 4.78 is 0. The normalized spacial score (nSPS) is 18.0. The highest BCUT2D eigenvalue weighted by molar-refractivity contribution is 5.78. The van der Waals surface area contributed by atoms with E-state index in [0.717, 1.165) is 44.1 Å². The molecular weight excluding hydrogens is 290 g/mol.